The first-order chi connectivity index (χ1) is 14.4. The van der Waals surface area contributed by atoms with Crippen molar-refractivity contribution in [2.45, 2.75) is 20.4 Å². The van der Waals surface area contributed by atoms with Crippen LogP contribution in [0.1, 0.15) is 27.6 Å². The van der Waals surface area contributed by atoms with Crippen LogP contribution < -0.4 is 15.4 Å². The zero-order chi connectivity index (χ0) is 21.5. The summed E-state index contributed by atoms with van der Waals surface area (Å²) in [7, 11) is 0. The number of aryl methyl sites for hydroxylation is 2. The van der Waals surface area contributed by atoms with Gasteiger partial charge in [0.05, 0.1) is 10.7 Å². The molecule has 0 atom stereocenters. The highest BCUT2D eigenvalue weighted by Gasteiger charge is 2.15. The van der Waals surface area contributed by atoms with E-state index in [2.05, 4.69) is 41.8 Å². The third kappa shape index (κ3) is 6.14. The van der Waals surface area contributed by atoms with Gasteiger partial charge in [0.1, 0.15) is 12.3 Å². The lowest BCUT2D eigenvalue weighted by Crippen LogP contribution is -2.36. The largest absolute Gasteiger partial charge is 0.484 e. The summed E-state index contributed by atoms with van der Waals surface area (Å²) in [6, 6.07) is 5.74. The van der Waals surface area contributed by atoms with Crippen molar-refractivity contribution in [3.8, 4) is 5.75 Å². The molecule has 0 aliphatic rings. The second kappa shape index (κ2) is 10.0. The number of ether oxygens (including phenoxy) is 1. The maximum absolute atomic E-state index is 12.1. The minimum Gasteiger partial charge on any atom is -0.484 e. The van der Waals surface area contributed by atoms with Crippen LogP contribution in [0.25, 0.3) is 0 Å². The van der Waals surface area contributed by atoms with Crippen LogP contribution in [0.5, 0.6) is 5.75 Å². The molecule has 2 amide bonds. The quantitative estimate of drug-likeness (QED) is 0.449. The Kier molecular flexibility index (Phi) is 7.17. The van der Waals surface area contributed by atoms with E-state index in [0.717, 1.165) is 15.6 Å². The molecule has 1 aromatic carbocycles. The lowest BCUT2D eigenvalue weighted by molar-refractivity contribution is -0.123. The molecule has 2 heterocycles. The molecule has 10 nitrogen and oxygen atoms in total. The van der Waals surface area contributed by atoms with Crippen LogP contribution in [-0.4, -0.2) is 51.4 Å². The van der Waals surface area contributed by atoms with Gasteiger partial charge in [-0.3, -0.25) is 14.3 Å². The van der Waals surface area contributed by atoms with Crippen molar-refractivity contribution < 1.29 is 18.8 Å². The van der Waals surface area contributed by atoms with Crippen molar-refractivity contribution >= 4 is 27.7 Å². The first kappa shape index (κ1) is 21.5. The Labute approximate surface area is 181 Å². The summed E-state index contributed by atoms with van der Waals surface area (Å²) in [6.07, 6.45) is 3.39. The molecule has 0 radical (unpaired) electrons. The Morgan fingerprint density at radius 2 is 2.03 bits per heavy atom. The molecule has 3 aromatic rings. The van der Waals surface area contributed by atoms with E-state index >= 15 is 0 Å². The Bertz CT molecular complexity index is 1030. The summed E-state index contributed by atoms with van der Waals surface area (Å²) in [6.45, 7) is 4.53. The number of aromatic nitrogens is 4. The van der Waals surface area contributed by atoms with Crippen molar-refractivity contribution in [3.05, 3.63) is 57.9 Å². The Hall–Kier alpha value is -3.21. The molecule has 0 aliphatic heterocycles. The molecule has 0 fully saturated rings. The van der Waals surface area contributed by atoms with Gasteiger partial charge in [-0.05, 0) is 41.4 Å². The molecule has 0 unspecified atom stereocenters. The van der Waals surface area contributed by atoms with Gasteiger partial charge in [-0.15, -0.1) is 0 Å². The SMILES string of the molecule is Cc1ccc(OCC(=O)NCCNC(=O)c2nc(Cn3cc(Br)cn3)no2)c(C)c1. The predicted octanol–water partition coefficient (Wildman–Crippen LogP) is 1.62. The molecule has 158 valence electrons. The standard InChI is InChI=1S/C19H21BrN6O4/c1-12-3-4-15(13(2)7-12)29-11-17(27)21-5-6-22-18(28)19-24-16(25-30-19)10-26-9-14(20)8-23-26/h3-4,7-9H,5-6,10-11H2,1-2H3,(H,21,27)(H,22,28). The van der Waals surface area contributed by atoms with Gasteiger partial charge in [0.2, 0.25) is 0 Å². The van der Waals surface area contributed by atoms with E-state index in [-0.39, 0.29) is 38.0 Å². The first-order valence-corrected chi connectivity index (χ1v) is 9.95. The number of nitrogens with one attached hydrogen (secondary N) is 2. The van der Waals surface area contributed by atoms with Crippen LogP contribution >= 0.6 is 15.9 Å². The maximum atomic E-state index is 12.1. The number of rotatable bonds is 9. The second-order valence-corrected chi connectivity index (χ2v) is 7.45. The summed E-state index contributed by atoms with van der Waals surface area (Å²) in [5.41, 5.74) is 2.09. The summed E-state index contributed by atoms with van der Waals surface area (Å²) >= 11 is 3.30. The monoisotopic (exact) mass is 476 g/mol. The Balaban J connectivity index is 1.35. The van der Waals surface area contributed by atoms with Crippen molar-refractivity contribution in [1.82, 2.24) is 30.6 Å². The number of hydrogen-bond donors (Lipinski definition) is 2. The fourth-order valence-corrected chi connectivity index (χ4v) is 2.92. The van der Waals surface area contributed by atoms with Crippen LogP contribution in [0.15, 0.2) is 39.6 Å². The van der Waals surface area contributed by atoms with Crippen LogP contribution in [0.4, 0.5) is 0 Å². The lowest BCUT2D eigenvalue weighted by Gasteiger charge is -2.10. The fraction of sp³-hybridized carbons (Fsp3) is 0.316. The third-order valence-corrected chi connectivity index (χ3v) is 4.40. The van der Waals surface area contributed by atoms with Gasteiger partial charge in [-0.1, -0.05) is 22.9 Å². The number of halogens is 1. The van der Waals surface area contributed by atoms with Gasteiger partial charge in [0, 0.05) is 19.3 Å². The third-order valence-electron chi connectivity index (χ3n) is 3.99. The normalized spacial score (nSPS) is 10.6. The minimum atomic E-state index is -0.517. The van der Waals surface area contributed by atoms with Gasteiger partial charge < -0.3 is 19.9 Å². The molecule has 0 saturated heterocycles. The van der Waals surface area contributed by atoms with Crippen LogP contribution in [0.2, 0.25) is 0 Å². The summed E-state index contributed by atoms with van der Waals surface area (Å²) in [4.78, 5) is 28.0. The van der Waals surface area contributed by atoms with Crippen molar-refractivity contribution in [1.29, 1.82) is 0 Å². The van der Waals surface area contributed by atoms with E-state index in [1.165, 1.54) is 0 Å². The molecule has 0 saturated carbocycles. The summed E-state index contributed by atoms with van der Waals surface area (Å²) in [5, 5.41) is 13.1. The topological polar surface area (TPSA) is 124 Å². The zero-order valence-corrected chi connectivity index (χ0v) is 18.1. The average Bonchev–Trinajstić information content (AvgIpc) is 3.33. The molecular formula is C19H21BrN6O4. The molecule has 30 heavy (non-hydrogen) atoms. The molecule has 2 N–H and O–H groups in total. The van der Waals surface area contributed by atoms with E-state index in [0.29, 0.717) is 11.6 Å². The number of nitrogens with zero attached hydrogens (tertiary/aromatic N) is 4. The van der Waals surface area contributed by atoms with Gasteiger partial charge in [-0.2, -0.15) is 10.1 Å². The first-order valence-electron chi connectivity index (χ1n) is 9.16. The molecule has 0 bridgehead atoms. The summed E-state index contributed by atoms with van der Waals surface area (Å²) in [5.74, 6) is 0.0397. The van der Waals surface area contributed by atoms with E-state index < -0.39 is 5.91 Å². The highest BCUT2D eigenvalue weighted by atomic mass is 79.9. The number of carbonyl (C=O) groups excluding carboxylic acids is 2. The number of benzene rings is 1. The summed E-state index contributed by atoms with van der Waals surface area (Å²) < 4.78 is 12.9. The maximum Gasteiger partial charge on any atom is 0.316 e. The second-order valence-electron chi connectivity index (χ2n) is 6.54. The molecule has 0 aliphatic carbocycles. The minimum absolute atomic E-state index is 0.103. The van der Waals surface area contributed by atoms with E-state index in [4.69, 9.17) is 9.26 Å². The smallest absolute Gasteiger partial charge is 0.316 e. The number of amides is 2. The Morgan fingerprint density at radius 1 is 1.23 bits per heavy atom. The molecule has 3 rings (SSSR count). The number of carbonyl (C=O) groups is 2. The van der Waals surface area contributed by atoms with Crippen LogP contribution in [-0.2, 0) is 11.3 Å². The molecule has 0 spiro atoms. The van der Waals surface area contributed by atoms with Gasteiger partial charge >= 0.3 is 11.8 Å². The van der Waals surface area contributed by atoms with Gasteiger partial charge in [0.25, 0.3) is 5.91 Å². The van der Waals surface area contributed by atoms with Crippen molar-refractivity contribution in [2.75, 3.05) is 19.7 Å². The van der Waals surface area contributed by atoms with Gasteiger partial charge in [-0.25, -0.2) is 0 Å². The predicted molar refractivity (Wildman–Crippen MR) is 110 cm³/mol. The van der Waals surface area contributed by atoms with E-state index in [1.54, 1.807) is 17.1 Å². The fourth-order valence-electron chi connectivity index (χ4n) is 2.59. The highest BCUT2D eigenvalue weighted by molar-refractivity contribution is 9.10. The number of hydrogen-bond acceptors (Lipinski definition) is 7. The molecular weight excluding hydrogens is 456 g/mol. The van der Waals surface area contributed by atoms with Crippen LogP contribution in [0, 0.1) is 13.8 Å². The average molecular weight is 477 g/mol. The van der Waals surface area contributed by atoms with Crippen LogP contribution in [0.3, 0.4) is 0 Å². The zero-order valence-electron chi connectivity index (χ0n) is 16.5. The van der Waals surface area contributed by atoms with E-state index in [1.807, 2.05) is 32.0 Å². The molecule has 11 heteroatoms. The highest BCUT2D eigenvalue weighted by Crippen LogP contribution is 2.18. The van der Waals surface area contributed by atoms with Gasteiger partial charge in [0.15, 0.2) is 12.4 Å². The lowest BCUT2D eigenvalue weighted by atomic mass is 10.1. The van der Waals surface area contributed by atoms with Crippen molar-refractivity contribution in [3.63, 3.8) is 0 Å². The van der Waals surface area contributed by atoms with E-state index in [9.17, 15) is 9.59 Å². The van der Waals surface area contributed by atoms with Crippen molar-refractivity contribution in [2.24, 2.45) is 0 Å². The Morgan fingerprint density at radius 3 is 2.77 bits per heavy atom. The molecule has 2 aromatic heterocycles.